The van der Waals surface area contributed by atoms with Crippen molar-refractivity contribution in [1.82, 2.24) is 10.6 Å². The predicted molar refractivity (Wildman–Crippen MR) is 119 cm³/mol. The Morgan fingerprint density at radius 1 is 1.15 bits per heavy atom. The average molecular weight is 476 g/mol. The molecule has 3 N–H and O–H groups in total. The topological polar surface area (TPSA) is 79.5 Å². The normalized spacial score (nSPS) is 27.1. The largest absolute Gasteiger partial charge is 0.484 e. The number of hydrogen-bond donors (Lipinski definition) is 3. The fourth-order valence-electron chi connectivity index (χ4n) is 5.28. The predicted octanol–water partition coefficient (Wildman–Crippen LogP) is 3.58. The Hall–Kier alpha value is -2.87. The SMILES string of the molecule is O=C(COc1ccc(Cl)c(F)c1)NC1CC2(NC(=O)C3CCc4cc(F)ccc4N3)CC1C2. The molecule has 1 aliphatic heterocycles. The maximum atomic E-state index is 13.5. The third-order valence-corrected chi connectivity index (χ3v) is 7.20. The molecule has 2 atom stereocenters. The van der Waals surface area contributed by atoms with Crippen molar-refractivity contribution in [2.45, 2.75) is 49.7 Å². The van der Waals surface area contributed by atoms with Gasteiger partial charge in [0.1, 0.15) is 23.4 Å². The highest BCUT2D eigenvalue weighted by Gasteiger charge is 2.57. The molecule has 0 radical (unpaired) electrons. The van der Waals surface area contributed by atoms with Gasteiger partial charge in [0.15, 0.2) is 6.61 Å². The van der Waals surface area contributed by atoms with E-state index in [1.54, 1.807) is 6.07 Å². The molecule has 33 heavy (non-hydrogen) atoms. The van der Waals surface area contributed by atoms with E-state index in [4.69, 9.17) is 16.3 Å². The minimum atomic E-state index is -0.605. The van der Waals surface area contributed by atoms with E-state index in [2.05, 4.69) is 16.0 Å². The van der Waals surface area contributed by atoms with Gasteiger partial charge in [0.25, 0.3) is 5.91 Å². The van der Waals surface area contributed by atoms with Crippen LogP contribution in [-0.2, 0) is 16.0 Å². The molecule has 2 bridgehead atoms. The minimum absolute atomic E-state index is 0.00795. The van der Waals surface area contributed by atoms with Gasteiger partial charge < -0.3 is 20.7 Å². The molecule has 3 fully saturated rings. The van der Waals surface area contributed by atoms with Gasteiger partial charge in [-0.2, -0.15) is 0 Å². The summed E-state index contributed by atoms with van der Waals surface area (Å²) in [5.74, 6) is -0.693. The van der Waals surface area contributed by atoms with Crippen LogP contribution in [-0.4, -0.2) is 36.0 Å². The van der Waals surface area contributed by atoms with E-state index >= 15 is 0 Å². The number of halogens is 3. The molecule has 6 nitrogen and oxygen atoms in total. The van der Waals surface area contributed by atoms with Gasteiger partial charge in [-0.05, 0) is 73.9 Å². The summed E-state index contributed by atoms with van der Waals surface area (Å²) in [6.45, 7) is -0.227. The highest BCUT2D eigenvalue weighted by molar-refractivity contribution is 6.30. The molecule has 2 aromatic carbocycles. The summed E-state index contributed by atoms with van der Waals surface area (Å²) in [5, 5.41) is 9.38. The number of ether oxygens (including phenoxy) is 1. The highest BCUT2D eigenvalue weighted by Crippen LogP contribution is 2.52. The molecule has 0 aromatic heterocycles. The van der Waals surface area contributed by atoms with Crippen molar-refractivity contribution in [3.05, 3.63) is 58.6 Å². The zero-order valence-electron chi connectivity index (χ0n) is 17.8. The second kappa shape index (κ2) is 8.48. The van der Waals surface area contributed by atoms with Crippen LogP contribution in [0.15, 0.2) is 36.4 Å². The van der Waals surface area contributed by atoms with Gasteiger partial charge in [-0.15, -0.1) is 0 Å². The van der Waals surface area contributed by atoms with Crippen molar-refractivity contribution in [2.24, 2.45) is 5.92 Å². The van der Waals surface area contributed by atoms with E-state index in [0.717, 1.165) is 30.2 Å². The summed E-state index contributed by atoms with van der Waals surface area (Å²) >= 11 is 5.65. The molecule has 174 valence electrons. The number of carbonyl (C=O) groups is 2. The highest BCUT2D eigenvalue weighted by atomic mass is 35.5. The Kier molecular flexibility index (Phi) is 5.64. The minimum Gasteiger partial charge on any atom is -0.484 e. The number of aryl methyl sites for hydroxylation is 1. The van der Waals surface area contributed by atoms with Crippen molar-refractivity contribution < 1.29 is 23.1 Å². The van der Waals surface area contributed by atoms with Gasteiger partial charge in [-0.25, -0.2) is 8.78 Å². The fourth-order valence-corrected chi connectivity index (χ4v) is 5.40. The fraction of sp³-hybridized carbons (Fsp3) is 0.417. The van der Waals surface area contributed by atoms with Crippen molar-refractivity contribution >= 4 is 29.1 Å². The monoisotopic (exact) mass is 475 g/mol. The van der Waals surface area contributed by atoms with E-state index in [0.29, 0.717) is 25.2 Å². The molecule has 2 aromatic rings. The lowest BCUT2D eigenvalue weighted by Gasteiger charge is -2.40. The lowest BCUT2D eigenvalue weighted by atomic mass is 9.76. The van der Waals surface area contributed by atoms with E-state index in [-0.39, 0.29) is 52.6 Å². The first kappa shape index (κ1) is 21.9. The number of fused-ring (bicyclic) bond motifs is 2. The summed E-state index contributed by atoms with van der Waals surface area (Å²) in [7, 11) is 0. The van der Waals surface area contributed by atoms with Crippen LogP contribution in [0.1, 0.15) is 31.2 Å². The zero-order chi connectivity index (χ0) is 23.2. The summed E-state index contributed by atoms with van der Waals surface area (Å²) < 4.78 is 32.3. The first-order chi connectivity index (χ1) is 15.8. The van der Waals surface area contributed by atoms with Crippen LogP contribution >= 0.6 is 11.6 Å². The molecule has 9 heteroatoms. The number of benzene rings is 2. The molecule has 2 unspecified atom stereocenters. The number of rotatable bonds is 6. The van der Waals surface area contributed by atoms with E-state index < -0.39 is 5.82 Å². The first-order valence-electron chi connectivity index (χ1n) is 11.0. The number of anilines is 1. The van der Waals surface area contributed by atoms with Gasteiger partial charge in [0.05, 0.1) is 5.02 Å². The molecule has 1 heterocycles. The van der Waals surface area contributed by atoms with Crippen molar-refractivity contribution in [1.29, 1.82) is 0 Å². The van der Waals surface area contributed by atoms with Gasteiger partial charge in [0, 0.05) is 23.3 Å². The van der Waals surface area contributed by atoms with Gasteiger partial charge >= 0.3 is 0 Å². The van der Waals surface area contributed by atoms with E-state index in [1.165, 1.54) is 24.3 Å². The van der Waals surface area contributed by atoms with Gasteiger partial charge in [-0.1, -0.05) is 11.6 Å². The summed E-state index contributed by atoms with van der Waals surface area (Å²) in [6, 6.07) is 8.18. The summed E-state index contributed by atoms with van der Waals surface area (Å²) in [5.41, 5.74) is 1.38. The van der Waals surface area contributed by atoms with Crippen molar-refractivity contribution in [3.8, 4) is 5.75 Å². The maximum Gasteiger partial charge on any atom is 0.258 e. The Labute approximate surface area is 195 Å². The third kappa shape index (κ3) is 4.49. The Morgan fingerprint density at radius 3 is 2.76 bits per heavy atom. The zero-order valence-corrected chi connectivity index (χ0v) is 18.6. The van der Waals surface area contributed by atoms with Crippen LogP contribution in [0.4, 0.5) is 14.5 Å². The number of carbonyl (C=O) groups excluding carboxylic acids is 2. The Morgan fingerprint density at radius 2 is 1.97 bits per heavy atom. The Balaban J connectivity index is 1.11. The van der Waals surface area contributed by atoms with Crippen LogP contribution < -0.4 is 20.7 Å². The Bertz CT molecular complexity index is 1110. The van der Waals surface area contributed by atoms with Crippen LogP contribution in [0, 0.1) is 17.6 Å². The second-order valence-electron chi connectivity index (χ2n) is 9.22. The summed E-state index contributed by atoms with van der Waals surface area (Å²) in [6.07, 6.45) is 3.55. The summed E-state index contributed by atoms with van der Waals surface area (Å²) in [4.78, 5) is 25.2. The first-order valence-corrected chi connectivity index (χ1v) is 11.4. The second-order valence-corrected chi connectivity index (χ2v) is 9.62. The van der Waals surface area contributed by atoms with Gasteiger partial charge in [0.2, 0.25) is 5.91 Å². The molecule has 3 saturated carbocycles. The lowest BCUT2D eigenvalue weighted by Crippen LogP contribution is -2.56. The molecule has 0 saturated heterocycles. The molecule has 6 rings (SSSR count). The van der Waals surface area contributed by atoms with Crippen LogP contribution in [0.25, 0.3) is 0 Å². The van der Waals surface area contributed by atoms with E-state index in [1.807, 2.05) is 0 Å². The van der Waals surface area contributed by atoms with Gasteiger partial charge in [-0.3, -0.25) is 9.59 Å². The lowest BCUT2D eigenvalue weighted by molar-refractivity contribution is -0.125. The molecule has 4 aliphatic rings. The van der Waals surface area contributed by atoms with Crippen molar-refractivity contribution in [2.75, 3.05) is 11.9 Å². The van der Waals surface area contributed by atoms with Crippen LogP contribution in [0.3, 0.4) is 0 Å². The smallest absolute Gasteiger partial charge is 0.258 e. The van der Waals surface area contributed by atoms with Crippen LogP contribution in [0.5, 0.6) is 5.75 Å². The van der Waals surface area contributed by atoms with Crippen LogP contribution in [0.2, 0.25) is 5.02 Å². The molecule has 2 amide bonds. The third-order valence-electron chi connectivity index (χ3n) is 6.90. The van der Waals surface area contributed by atoms with Crippen molar-refractivity contribution in [3.63, 3.8) is 0 Å². The average Bonchev–Trinajstić information content (AvgIpc) is 3.27. The number of hydrogen-bond acceptors (Lipinski definition) is 4. The number of amides is 2. The molecular formula is C24H24ClF2N3O3. The maximum absolute atomic E-state index is 13.5. The molecular weight excluding hydrogens is 452 g/mol. The standard InChI is InChI=1S/C24H24ClF2N3O3/c25-17-4-3-16(8-18(17)27)33-12-22(31)29-21-11-24(9-14(21)10-24)30-23(32)20-5-1-13-7-15(26)2-6-19(13)28-20/h2-4,6-8,14,20-21,28H,1,5,9-12H2,(H,29,31)(H,30,32). The number of nitrogens with one attached hydrogen (secondary N) is 3. The molecule has 0 spiro atoms. The molecule has 3 aliphatic carbocycles. The van der Waals surface area contributed by atoms with E-state index in [9.17, 15) is 18.4 Å². The quantitative estimate of drug-likeness (QED) is 0.596.